The lowest BCUT2D eigenvalue weighted by molar-refractivity contribution is 1.05. The molecule has 0 radical (unpaired) electrons. The summed E-state index contributed by atoms with van der Waals surface area (Å²) in [7, 11) is 0. The van der Waals surface area contributed by atoms with E-state index in [2.05, 4.69) is 41.1 Å². The number of benzene rings is 2. The molecule has 1 aliphatic heterocycles. The summed E-state index contributed by atoms with van der Waals surface area (Å²) < 4.78 is 2.22. The number of fused-ring (bicyclic) bond motifs is 2. The molecule has 1 aromatic heterocycles. The molecular weight excluding hydrogens is 250 g/mol. The van der Waals surface area contributed by atoms with Crippen LogP contribution in [-0.2, 0) is 0 Å². The van der Waals surface area contributed by atoms with Gasteiger partial charge in [-0.3, -0.25) is 0 Å². The van der Waals surface area contributed by atoms with E-state index >= 15 is 0 Å². The molecule has 3 heteroatoms. The highest BCUT2D eigenvalue weighted by atomic mass is 35.5. The van der Waals surface area contributed by atoms with E-state index in [0.29, 0.717) is 0 Å². The monoisotopic (exact) mass is 257 g/mol. The third-order valence-electron chi connectivity index (χ3n) is 3.07. The average Bonchev–Trinajstić information content (AvgIpc) is 2.77. The van der Waals surface area contributed by atoms with E-state index in [9.17, 15) is 0 Å². The summed E-state index contributed by atoms with van der Waals surface area (Å²) in [6, 6.07) is 14.6. The normalized spacial score (nSPS) is 12.8. The van der Waals surface area contributed by atoms with Gasteiger partial charge in [0.2, 0.25) is 0 Å². The number of para-hydroxylation sites is 1. The first-order chi connectivity index (χ1) is 8.33. The largest absolute Gasteiger partial charge is 0.314 e. The maximum Gasteiger partial charge on any atom is 0.0668 e. The molecule has 0 unspecified atom stereocenters. The Kier molecular flexibility index (Phi) is 1.88. The van der Waals surface area contributed by atoms with E-state index in [1.807, 2.05) is 23.9 Å². The Bertz CT molecular complexity index is 745. The van der Waals surface area contributed by atoms with Crippen LogP contribution in [-0.4, -0.2) is 4.57 Å². The molecule has 17 heavy (non-hydrogen) atoms. The van der Waals surface area contributed by atoms with Crippen molar-refractivity contribution in [1.82, 2.24) is 4.57 Å². The second kappa shape index (κ2) is 3.31. The van der Waals surface area contributed by atoms with E-state index in [1.165, 1.54) is 26.4 Å². The van der Waals surface area contributed by atoms with Gasteiger partial charge < -0.3 is 4.57 Å². The molecule has 0 saturated carbocycles. The molecule has 2 heterocycles. The Hall–Kier alpha value is -1.38. The first-order valence-electron chi connectivity index (χ1n) is 5.41. The SMILES string of the molecule is Clc1ccc2c(c1)-n1ccc3cccc(c31)S2. The van der Waals surface area contributed by atoms with Crippen LogP contribution in [0, 0.1) is 0 Å². The van der Waals surface area contributed by atoms with Gasteiger partial charge in [-0.1, -0.05) is 35.5 Å². The second-order valence-corrected chi connectivity index (χ2v) is 5.61. The lowest BCUT2D eigenvalue weighted by atomic mass is 10.2. The van der Waals surface area contributed by atoms with Gasteiger partial charge in [-0.2, -0.15) is 0 Å². The molecule has 2 aromatic carbocycles. The van der Waals surface area contributed by atoms with Gasteiger partial charge in [0.15, 0.2) is 0 Å². The Morgan fingerprint density at radius 3 is 2.88 bits per heavy atom. The zero-order chi connectivity index (χ0) is 11.4. The molecule has 3 aromatic rings. The Morgan fingerprint density at radius 1 is 1.00 bits per heavy atom. The minimum absolute atomic E-state index is 0.783. The summed E-state index contributed by atoms with van der Waals surface area (Å²) in [5.41, 5.74) is 2.46. The molecule has 82 valence electrons. The predicted molar refractivity (Wildman–Crippen MR) is 72.4 cm³/mol. The fourth-order valence-electron chi connectivity index (χ4n) is 2.33. The quantitative estimate of drug-likeness (QED) is 0.440. The van der Waals surface area contributed by atoms with Gasteiger partial charge in [0.1, 0.15) is 0 Å². The van der Waals surface area contributed by atoms with Gasteiger partial charge in [-0.25, -0.2) is 0 Å². The van der Waals surface area contributed by atoms with Crippen LogP contribution >= 0.6 is 23.4 Å². The van der Waals surface area contributed by atoms with Crippen molar-refractivity contribution in [3.63, 3.8) is 0 Å². The van der Waals surface area contributed by atoms with Crippen LogP contribution in [0.15, 0.2) is 58.5 Å². The Morgan fingerprint density at radius 2 is 1.94 bits per heavy atom. The molecule has 0 saturated heterocycles. The van der Waals surface area contributed by atoms with Crippen molar-refractivity contribution in [1.29, 1.82) is 0 Å². The molecule has 0 spiro atoms. The van der Waals surface area contributed by atoms with Crippen LogP contribution in [0.1, 0.15) is 0 Å². The molecular formula is C14H8ClNS. The first kappa shape index (κ1) is 9.63. The number of halogens is 1. The van der Waals surface area contributed by atoms with Gasteiger partial charge in [0.05, 0.1) is 11.2 Å². The molecule has 0 N–H and O–H groups in total. The van der Waals surface area contributed by atoms with Gasteiger partial charge in [-0.05, 0) is 30.3 Å². The average molecular weight is 258 g/mol. The molecule has 1 nitrogen and oxygen atoms in total. The maximum absolute atomic E-state index is 6.08. The highest BCUT2D eigenvalue weighted by Gasteiger charge is 2.18. The molecule has 0 fully saturated rings. The van der Waals surface area contributed by atoms with E-state index in [-0.39, 0.29) is 0 Å². The van der Waals surface area contributed by atoms with Crippen molar-refractivity contribution in [3.8, 4) is 5.69 Å². The van der Waals surface area contributed by atoms with E-state index < -0.39 is 0 Å². The minimum atomic E-state index is 0.783. The van der Waals surface area contributed by atoms with Gasteiger partial charge >= 0.3 is 0 Å². The Labute approximate surface area is 108 Å². The number of hydrogen-bond acceptors (Lipinski definition) is 1. The fourth-order valence-corrected chi connectivity index (χ4v) is 3.59. The fraction of sp³-hybridized carbons (Fsp3) is 0. The maximum atomic E-state index is 6.08. The summed E-state index contributed by atoms with van der Waals surface area (Å²) in [6.45, 7) is 0. The van der Waals surface area contributed by atoms with Crippen molar-refractivity contribution in [2.75, 3.05) is 0 Å². The second-order valence-electron chi connectivity index (χ2n) is 4.09. The topological polar surface area (TPSA) is 4.93 Å². The van der Waals surface area contributed by atoms with Gasteiger partial charge in [0.25, 0.3) is 0 Å². The van der Waals surface area contributed by atoms with Crippen LogP contribution in [0.25, 0.3) is 16.6 Å². The molecule has 1 aliphatic rings. The van der Waals surface area contributed by atoms with Gasteiger partial charge in [-0.15, -0.1) is 0 Å². The highest BCUT2D eigenvalue weighted by Crippen LogP contribution is 2.43. The molecule has 0 atom stereocenters. The summed E-state index contributed by atoms with van der Waals surface area (Å²) >= 11 is 7.89. The molecule has 0 amide bonds. The Balaban J connectivity index is 2.17. The summed E-state index contributed by atoms with van der Waals surface area (Å²) in [5, 5.41) is 2.06. The van der Waals surface area contributed by atoms with Crippen molar-refractivity contribution in [3.05, 3.63) is 53.7 Å². The van der Waals surface area contributed by atoms with Crippen LogP contribution in [0.5, 0.6) is 0 Å². The van der Waals surface area contributed by atoms with Crippen molar-refractivity contribution in [2.45, 2.75) is 9.79 Å². The lowest BCUT2D eigenvalue weighted by Gasteiger charge is -2.19. The molecule has 0 bridgehead atoms. The zero-order valence-corrected chi connectivity index (χ0v) is 10.4. The van der Waals surface area contributed by atoms with E-state index in [4.69, 9.17) is 11.6 Å². The number of hydrogen-bond donors (Lipinski definition) is 0. The van der Waals surface area contributed by atoms with Crippen molar-refractivity contribution < 1.29 is 0 Å². The van der Waals surface area contributed by atoms with E-state index in [0.717, 1.165) is 5.02 Å². The standard InChI is InChI=1S/C14H8ClNS/c15-10-4-5-12-11(8-10)16-7-6-9-2-1-3-13(17-12)14(9)16/h1-8H. The van der Waals surface area contributed by atoms with Crippen LogP contribution in [0.4, 0.5) is 0 Å². The van der Waals surface area contributed by atoms with E-state index in [1.54, 1.807) is 0 Å². The van der Waals surface area contributed by atoms with Crippen LogP contribution in [0.3, 0.4) is 0 Å². The molecule has 4 rings (SSSR count). The summed E-state index contributed by atoms with van der Waals surface area (Å²) in [4.78, 5) is 2.56. The predicted octanol–water partition coefficient (Wildman–Crippen LogP) is 4.75. The lowest BCUT2D eigenvalue weighted by Crippen LogP contribution is -2.00. The van der Waals surface area contributed by atoms with Crippen LogP contribution in [0.2, 0.25) is 5.02 Å². The third kappa shape index (κ3) is 1.28. The third-order valence-corrected chi connectivity index (χ3v) is 4.42. The van der Waals surface area contributed by atoms with Crippen molar-refractivity contribution >= 4 is 34.3 Å². The van der Waals surface area contributed by atoms with Crippen molar-refractivity contribution in [2.24, 2.45) is 0 Å². The van der Waals surface area contributed by atoms with Crippen LogP contribution < -0.4 is 0 Å². The summed E-state index contributed by atoms with van der Waals surface area (Å²) in [6.07, 6.45) is 2.11. The first-order valence-corrected chi connectivity index (χ1v) is 6.60. The number of aromatic nitrogens is 1. The zero-order valence-electron chi connectivity index (χ0n) is 8.85. The highest BCUT2D eigenvalue weighted by molar-refractivity contribution is 7.99. The summed E-state index contributed by atoms with van der Waals surface area (Å²) in [5.74, 6) is 0. The van der Waals surface area contributed by atoms with Gasteiger partial charge in [0, 0.05) is 26.4 Å². The molecule has 0 aliphatic carbocycles. The smallest absolute Gasteiger partial charge is 0.0668 e. The number of rotatable bonds is 0. The minimum Gasteiger partial charge on any atom is -0.314 e. The number of nitrogens with zero attached hydrogens (tertiary/aromatic N) is 1.